The molecule has 1 aromatic heterocycles. The molecule has 1 atom stereocenters. The highest BCUT2D eigenvalue weighted by Crippen LogP contribution is 2.25. The van der Waals surface area contributed by atoms with Gasteiger partial charge in [0.25, 0.3) is 0 Å². The number of morpholine rings is 1. The fourth-order valence-electron chi connectivity index (χ4n) is 3.45. The van der Waals surface area contributed by atoms with Crippen molar-refractivity contribution in [1.29, 1.82) is 5.26 Å². The molecule has 3 rings (SSSR count). The third-order valence-electron chi connectivity index (χ3n) is 4.71. The zero-order valence-electron chi connectivity index (χ0n) is 13.8. The first-order valence-electron chi connectivity index (χ1n) is 8.23. The van der Waals surface area contributed by atoms with E-state index in [1.807, 2.05) is 6.07 Å². The maximum absolute atomic E-state index is 12.8. The lowest BCUT2D eigenvalue weighted by Crippen LogP contribution is -2.51. The normalized spacial score (nSPS) is 24.6. The quantitative estimate of drug-likeness (QED) is 0.802. The van der Waals surface area contributed by atoms with E-state index >= 15 is 0 Å². The van der Waals surface area contributed by atoms with Gasteiger partial charge < -0.3 is 4.74 Å². The number of piperidine rings is 1. The molecule has 2 fully saturated rings. The van der Waals surface area contributed by atoms with E-state index in [1.54, 1.807) is 6.07 Å². The Labute approximate surface area is 142 Å². The maximum Gasteiger partial charge on any atom is 0.245 e. The van der Waals surface area contributed by atoms with Crippen molar-refractivity contribution < 1.29 is 13.2 Å². The van der Waals surface area contributed by atoms with Crippen LogP contribution in [0.1, 0.15) is 25.5 Å². The van der Waals surface area contributed by atoms with Gasteiger partial charge in [-0.05, 0) is 31.9 Å². The molecule has 2 saturated heterocycles. The first kappa shape index (κ1) is 17.3. The van der Waals surface area contributed by atoms with Gasteiger partial charge in [-0.1, -0.05) is 0 Å². The minimum absolute atomic E-state index is 0.00550. The summed E-state index contributed by atoms with van der Waals surface area (Å²) in [6.45, 7) is 5.55. The molecule has 2 aliphatic heterocycles. The van der Waals surface area contributed by atoms with Crippen LogP contribution in [0, 0.1) is 11.3 Å². The van der Waals surface area contributed by atoms with Gasteiger partial charge in [0.15, 0.2) is 5.69 Å². The third-order valence-corrected chi connectivity index (χ3v) is 6.64. The van der Waals surface area contributed by atoms with Crippen LogP contribution in [-0.2, 0) is 14.8 Å². The predicted octanol–water partition coefficient (Wildman–Crippen LogP) is 0.827. The number of rotatable bonds is 3. The lowest BCUT2D eigenvalue weighted by Gasteiger charge is -2.41. The summed E-state index contributed by atoms with van der Waals surface area (Å²) in [6.07, 6.45) is 3.26. The minimum Gasteiger partial charge on any atom is -0.376 e. The van der Waals surface area contributed by atoms with E-state index in [-0.39, 0.29) is 16.7 Å². The van der Waals surface area contributed by atoms with Crippen LogP contribution >= 0.6 is 0 Å². The summed E-state index contributed by atoms with van der Waals surface area (Å²) >= 11 is 0. The fourth-order valence-corrected chi connectivity index (χ4v) is 5.01. The van der Waals surface area contributed by atoms with E-state index in [9.17, 15) is 8.42 Å². The van der Waals surface area contributed by atoms with Gasteiger partial charge in [0.05, 0.1) is 12.7 Å². The fraction of sp³-hybridized carbons (Fsp3) is 0.625. The summed E-state index contributed by atoms with van der Waals surface area (Å²) in [7, 11) is -3.66. The summed E-state index contributed by atoms with van der Waals surface area (Å²) in [5.41, 5.74) is -0.0402. The third kappa shape index (κ3) is 3.44. The van der Waals surface area contributed by atoms with Crippen LogP contribution in [0.3, 0.4) is 0 Å². The molecule has 8 heteroatoms. The lowest BCUT2D eigenvalue weighted by atomic mass is 10.0. The van der Waals surface area contributed by atoms with E-state index in [0.717, 1.165) is 32.5 Å². The number of sulfonamides is 1. The topological polar surface area (TPSA) is 86.5 Å². The van der Waals surface area contributed by atoms with Crippen molar-refractivity contribution in [3.05, 3.63) is 24.0 Å². The van der Waals surface area contributed by atoms with Crippen LogP contribution in [-0.4, -0.2) is 67.5 Å². The van der Waals surface area contributed by atoms with Gasteiger partial charge in [0.1, 0.15) is 11.0 Å². The number of ether oxygens (including phenoxy) is 1. The summed E-state index contributed by atoms with van der Waals surface area (Å²) < 4.78 is 32.7. The standard InChI is InChI=1S/C16H22N4O3S/c1-13-12-19(9-10-23-13)14-4-7-20(8-5-14)24(21,22)16-3-2-6-18-15(16)11-17/h2-3,6,13-14H,4-5,7-10,12H2,1H3. The molecule has 0 aliphatic carbocycles. The molecule has 0 N–H and O–H groups in total. The van der Waals surface area contributed by atoms with Crippen molar-refractivity contribution in [2.24, 2.45) is 0 Å². The first-order valence-corrected chi connectivity index (χ1v) is 9.67. The largest absolute Gasteiger partial charge is 0.376 e. The Morgan fingerprint density at radius 2 is 2.08 bits per heavy atom. The molecule has 24 heavy (non-hydrogen) atoms. The van der Waals surface area contributed by atoms with E-state index in [0.29, 0.717) is 19.1 Å². The van der Waals surface area contributed by atoms with Crippen LogP contribution in [0.25, 0.3) is 0 Å². The van der Waals surface area contributed by atoms with Gasteiger partial charge in [-0.3, -0.25) is 4.90 Å². The summed E-state index contributed by atoms with van der Waals surface area (Å²) in [5.74, 6) is 0. The Hall–Kier alpha value is -1.53. The number of nitrogens with zero attached hydrogens (tertiary/aromatic N) is 4. The number of hydrogen-bond acceptors (Lipinski definition) is 6. The Bertz CT molecular complexity index is 723. The second-order valence-electron chi connectivity index (χ2n) is 6.27. The van der Waals surface area contributed by atoms with Crippen LogP contribution in [0.2, 0.25) is 0 Å². The molecule has 1 aromatic rings. The Morgan fingerprint density at radius 1 is 1.33 bits per heavy atom. The second kappa shape index (κ2) is 7.15. The predicted molar refractivity (Wildman–Crippen MR) is 87.7 cm³/mol. The SMILES string of the molecule is CC1CN(C2CCN(S(=O)(=O)c3cccnc3C#N)CC2)CCO1. The van der Waals surface area contributed by atoms with Gasteiger partial charge in [-0.2, -0.15) is 9.57 Å². The summed E-state index contributed by atoms with van der Waals surface area (Å²) in [4.78, 5) is 6.28. The highest BCUT2D eigenvalue weighted by atomic mass is 32.2. The lowest BCUT2D eigenvalue weighted by molar-refractivity contribution is -0.0406. The van der Waals surface area contributed by atoms with Crippen molar-refractivity contribution in [2.45, 2.75) is 36.8 Å². The van der Waals surface area contributed by atoms with Crippen LogP contribution in [0.4, 0.5) is 0 Å². The monoisotopic (exact) mass is 350 g/mol. The van der Waals surface area contributed by atoms with Gasteiger partial charge in [-0.15, -0.1) is 0 Å². The molecule has 0 saturated carbocycles. The van der Waals surface area contributed by atoms with E-state index in [1.165, 1.54) is 16.6 Å². The molecule has 2 aliphatic rings. The van der Waals surface area contributed by atoms with E-state index in [4.69, 9.17) is 10.00 Å². The number of hydrogen-bond donors (Lipinski definition) is 0. The van der Waals surface area contributed by atoms with Crippen LogP contribution in [0.15, 0.2) is 23.2 Å². The first-order chi connectivity index (χ1) is 11.5. The molecule has 0 spiro atoms. The van der Waals surface area contributed by atoms with Crippen molar-refractivity contribution in [1.82, 2.24) is 14.2 Å². The summed E-state index contributed by atoms with van der Waals surface area (Å²) in [6, 6.07) is 5.27. The molecule has 0 amide bonds. The molecular weight excluding hydrogens is 328 g/mol. The Balaban J connectivity index is 1.69. The minimum atomic E-state index is -3.66. The van der Waals surface area contributed by atoms with Crippen molar-refractivity contribution >= 4 is 10.0 Å². The van der Waals surface area contributed by atoms with Gasteiger partial charge in [0, 0.05) is 38.4 Å². The molecule has 7 nitrogen and oxygen atoms in total. The van der Waals surface area contributed by atoms with Gasteiger partial charge in [-0.25, -0.2) is 13.4 Å². The number of aromatic nitrogens is 1. The average molecular weight is 350 g/mol. The van der Waals surface area contributed by atoms with Gasteiger partial charge in [0.2, 0.25) is 10.0 Å². The zero-order valence-corrected chi connectivity index (χ0v) is 14.6. The average Bonchev–Trinajstić information content (AvgIpc) is 2.62. The smallest absolute Gasteiger partial charge is 0.245 e. The Kier molecular flexibility index (Phi) is 5.15. The molecule has 130 valence electrons. The Morgan fingerprint density at radius 3 is 2.75 bits per heavy atom. The summed E-state index contributed by atoms with van der Waals surface area (Å²) in [5, 5.41) is 9.10. The highest BCUT2D eigenvalue weighted by molar-refractivity contribution is 7.89. The molecule has 0 aromatic carbocycles. The van der Waals surface area contributed by atoms with Crippen molar-refractivity contribution in [3.8, 4) is 6.07 Å². The number of pyridine rings is 1. The molecule has 1 unspecified atom stereocenters. The van der Waals surface area contributed by atoms with Crippen LogP contribution in [0.5, 0.6) is 0 Å². The van der Waals surface area contributed by atoms with E-state index in [2.05, 4.69) is 16.8 Å². The second-order valence-corrected chi connectivity index (χ2v) is 8.18. The van der Waals surface area contributed by atoms with E-state index < -0.39 is 10.0 Å². The van der Waals surface area contributed by atoms with Crippen molar-refractivity contribution in [2.75, 3.05) is 32.8 Å². The molecule has 3 heterocycles. The highest BCUT2D eigenvalue weighted by Gasteiger charge is 2.34. The number of nitriles is 1. The van der Waals surface area contributed by atoms with Gasteiger partial charge >= 0.3 is 0 Å². The molecule has 0 radical (unpaired) electrons. The molecule has 0 bridgehead atoms. The molecular formula is C16H22N4O3S. The maximum atomic E-state index is 12.8. The van der Waals surface area contributed by atoms with Crippen molar-refractivity contribution in [3.63, 3.8) is 0 Å². The van der Waals surface area contributed by atoms with Crippen LogP contribution < -0.4 is 0 Å². The zero-order chi connectivity index (χ0) is 17.2.